The van der Waals surface area contributed by atoms with Gasteiger partial charge in [-0.3, -0.25) is 9.97 Å². The van der Waals surface area contributed by atoms with Gasteiger partial charge in [-0.2, -0.15) is 0 Å². The number of fused-ring (bicyclic) bond motifs is 12. The van der Waals surface area contributed by atoms with Crippen molar-refractivity contribution < 1.29 is 0 Å². The molecule has 11 aromatic rings. The lowest BCUT2D eigenvalue weighted by atomic mass is 9.81. The Labute approximate surface area is 336 Å². The second-order valence-electron chi connectivity index (χ2n) is 16.2. The van der Waals surface area contributed by atoms with E-state index in [1.54, 1.807) is 12.4 Å². The zero-order valence-electron chi connectivity index (χ0n) is 32.2. The molecule has 0 amide bonds. The van der Waals surface area contributed by atoms with Gasteiger partial charge < -0.3 is 4.57 Å². The minimum atomic E-state index is -0.148. The first-order valence-electron chi connectivity index (χ1n) is 20.1. The van der Waals surface area contributed by atoms with Crippen LogP contribution in [-0.4, -0.2) is 14.5 Å². The number of para-hydroxylation sites is 2. The molecule has 0 spiro atoms. The minimum absolute atomic E-state index is 0.148. The molecule has 0 bridgehead atoms. The fourth-order valence-corrected chi connectivity index (χ4v) is 9.79. The Morgan fingerprint density at radius 2 is 0.845 bits per heavy atom. The number of rotatable bonds is 4. The molecule has 0 unspecified atom stereocenters. The normalized spacial score (nSPS) is 13.1. The molecule has 0 N–H and O–H groups in total. The van der Waals surface area contributed by atoms with Crippen LogP contribution in [0.1, 0.15) is 25.0 Å². The van der Waals surface area contributed by atoms with Gasteiger partial charge in [0.05, 0.1) is 22.1 Å². The molecule has 0 saturated carbocycles. The van der Waals surface area contributed by atoms with Crippen molar-refractivity contribution in [1.82, 2.24) is 14.5 Å². The lowest BCUT2D eigenvalue weighted by molar-refractivity contribution is 0.660. The Morgan fingerprint density at radius 1 is 0.362 bits per heavy atom. The van der Waals surface area contributed by atoms with Crippen LogP contribution in [0.5, 0.6) is 0 Å². The quantitative estimate of drug-likeness (QED) is 0.168. The van der Waals surface area contributed by atoms with Gasteiger partial charge in [-0.25, -0.2) is 0 Å². The van der Waals surface area contributed by atoms with E-state index < -0.39 is 0 Å². The molecule has 9 aromatic carbocycles. The summed E-state index contributed by atoms with van der Waals surface area (Å²) in [5.41, 5.74) is 18.0. The fraction of sp³-hybridized carbons (Fsp3) is 0.0545. The van der Waals surface area contributed by atoms with Crippen molar-refractivity contribution in [3.8, 4) is 50.2 Å². The summed E-state index contributed by atoms with van der Waals surface area (Å²) in [6.07, 6.45) is 3.58. The summed E-state index contributed by atoms with van der Waals surface area (Å²) in [4.78, 5) is 9.54. The second kappa shape index (κ2) is 12.3. The van der Waals surface area contributed by atoms with E-state index in [0.717, 1.165) is 27.4 Å². The highest BCUT2D eigenvalue weighted by atomic mass is 15.0. The predicted molar refractivity (Wildman–Crippen MR) is 243 cm³/mol. The van der Waals surface area contributed by atoms with Crippen molar-refractivity contribution in [1.29, 1.82) is 0 Å². The Morgan fingerprint density at radius 3 is 1.53 bits per heavy atom. The molecule has 2 heterocycles. The van der Waals surface area contributed by atoms with E-state index in [1.807, 2.05) is 0 Å². The summed E-state index contributed by atoms with van der Waals surface area (Å²) >= 11 is 0. The molecule has 58 heavy (non-hydrogen) atoms. The van der Waals surface area contributed by atoms with Crippen LogP contribution in [0.25, 0.3) is 105 Å². The first-order chi connectivity index (χ1) is 28.5. The monoisotopic (exact) mass is 739 g/mol. The Bertz CT molecular complexity index is 3390. The van der Waals surface area contributed by atoms with Crippen LogP contribution >= 0.6 is 0 Å². The molecule has 3 heteroatoms. The topological polar surface area (TPSA) is 30.7 Å². The molecule has 3 nitrogen and oxygen atoms in total. The Kier molecular flexibility index (Phi) is 6.98. The van der Waals surface area contributed by atoms with Gasteiger partial charge in [-0.1, -0.05) is 147 Å². The Hall–Kier alpha value is -7.36. The number of hydrogen-bond acceptors (Lipinski definition) is 2. The van der Waals surface area contributed by atoms with E-state index in [4.69, 9.17) is 9.97 Å². The summed E-state index contributed by atoms with van der Waals surface area (Å²) in [6, 6.07) is 64.7. The van der Waals surface area contributed by atoms with Gasteiger partial charge in [-0.15, -0.1) is 0 Å². The second-order valence-corrected chi connectivity index (χ2v) is 16.2. The summed E-state index contributed by atoms with van der Waals surface area (Å²) in [7, 11) is 0. The van der Waals surface area contributed by atoms with Gasteiger partial charge in [0, 0.05) is 45.0 Å². The SMILES string of the molecule is CC1(C)c2cc(-c3ccc(-c4cccc(-c5ccc6c7ccccc7c7nccnc7c6c5)c4)cc3)ccc2-c2ccc(-n3c4ccccc4c4ccccc43)cc21. The van der Waals surface area contributed by atoms with E-state index in [-0.39, 0.29) is 5.41 Å². The smallest absolute Gasteiger partial charge is 0.0971 e. The van der Waals surface area contributed by atoms with E-state index >= 15 is 0 Å². The molecule has 0 fully saturated rings. The minimum Gasteiger partial charge on any atom is -0.309 e. The summed E-state index contributed by atoms with van der Waals surface area (Å²) in [5.74, 6) is 0. The van der Waals surface area contributed by atoms with Crippen molar-refractivity contribution in [2.24, 2.45) is 0 Å². The standard InChI is InChI=1S/C55H37N3/c1-55(2)49-32-39(23-26-43(49)44-27-24-40(33-50(44)55)58-51-16-7-5-13-45(51)46-14-6-8-17-52(46)58)35-20-18-34(19-21-35)36-10-9-11-37(30-36)38-22-25-42-41-12-3-4-15-47(41)53-54(48(42)31-38)57-29-28-56-53/h3-33H,1-2H3. The van der Waals surface area contributed by atoms with Gasteiger partial charge in [0.15, 0.2) is 0 Å². The first kappa shape index (κ1) is 32.8. The average Bonchev–Trinajstić information content (AvgIpc) is 3.74. The third kappa shape index (κ3) is 4.80. The number of benzene rings is 9. The molecule has 0 saturated heterocycles. The highest BCUT2D eigenvalue weighted by Gasteiger charge is 2.36. The first-order valence-corrected chi connectivity index (χ1v) is 20.1. The predicted octanol–water partition coefficient (Wildman–Crippen LogP) is 14.3. The molecule has 0 radical (unpaired) electrons. The van der Waals surface area contributed by atoms with Crippen LogP contribution in [0.15, 0.2) is 188 Å². The van der Waals surface area contributed by atoms with Crippen LogP contribution in [-0.2, 0) is 5.41 Å². The Balaban J connectivity index is 0.869. The van der Waals surface area contributed by atoms with Crippen LogP contribution in [0.4, 0.5) is 0 Å². The zero-order chi connectivity index (χ0) is 38.5. The van der Waals surface area contributed by atoms with Crippen LogP contribution < -0.4 is 0 Å². The maximum absolute atomic E-state index is 4.80. The number of hydrogen-bond donors (Lipinski definition) is 0. The summed E-state index contributed by atoms with van der Waals surface area (Å²) in [6.45, 7) is 4.75. The molecule has 272 valence electrons. The van der Waals surface area contributed by atoms with E-state index in [1.165, 1.54) is 88.3 Å². The fourth-order valence-electron chi connectivity index (χ4n) is 9.79. The highest BCUT2D eigenvalue weighted by molar-refractivity contribution is 6.23. The molecule has 1 aliphatic carbocycles. The molecule has 12 rings (SSSR count). The van der Waals surface area contributed by atoms with Gasteiger partial charge in [0.1, 0.15) is 0 Å². The largest absolute Gasteiger partial charge is 0.309 e. The van der Waals surface area contributed by atoms with E-state index in [2.05, 4.69) is 194 Å². The molecule has 2 aromatic heterocycles. The summed E-state index contributed by atoms with van der Waals surface area (Å²) < 4.78 is 2.42. The highest BCUT2D eigenvalue weighted by Crippen LogP contribution is 2.51. The maximum atomic E-state index is 4.80. The summed E-state index contributed by atoms with van der Waals surface area (Å²) in [5, 5.41) is 7.23. The van der Waals surface area contributed by atoms with Crippen molar-refractivity contribution in [3.63, 3.8) is 0 Å². The molecule has 0 aliphatic heterocycles. The van der Waals surface area contributed by atoms with Gasteiger partial charge in [-0.05, 0) is 109 Å². The average molecular weight is 740 g/mol. The maximum Gasteiger partial charge on any atom is 0.0971 e. The third-order valence-corrected chi connectivity index (χ3v) is 12.7. The zero-order valence-corrected chi connectivity index (χ0v) is 32.2. The number of nitrogens with zero attached hydrogens (tertiary/aromatic N) is 3. The van der Waals surface area contributed by atoms with Gasteiger partial charge in [0.2, 0.25) is 0 Å². The van der Waals surface area contributed by atoms with Gasteiger partial charge in [0.25, 0.3) is 0 Å². The lowest BCUT2D eigenvalue weighted by Crippen LogP contribution is -2.15. The van der Waals surface area contributed by atoms with E-state index in [9.17, 15) is 0 Å². The molecular formula is C55H37N3. The van der Waals surface area contributed by atoms with Crippen molar-refractivity contribution >= 4 is 54.4 Å². The van der Waals surface area contributed by atoms with Crippen molar-refractivity contribution in [2.45, 2.75) is 19.3 Å². The van der Waals surface area contributed by atoms with Gasteiger partial charge >= 0.3 is 0 Å². The van der Waals surface area contributed by atoms with Crippen LogP contribution in [0.3, 0.4) is 0 Å². The number of aromatic nitrogens is 3. The lowest BCUT2D eigenvalue weighted by Gasteiger charge is -2.23. The molecular weight excluding hydrogens is 703 g/mol. The van der Waals surface area contributed by atoms with Crippen LogP contribution in [0.2, 0.25) is 0 Å². The third-order valence-electron chi connectivity index (χ3n) is 12.7. The molecule has 1 aliphatic rings. The van der Waals surface area contributed by atoms with Crippen molar-refractivity contribution in [3.05, 3.63) is 199 Å². The van der Waals surface area contributed by atoms with Crippen molar-refractivity contribution in [2.75, 3.05) is 0 Å². The van der Waals surface area contributed by atoms with E-state index in [0.29, 0.717) is 0 Å². The van der Waals surface area contributed by atoms with Crippen LogP contribution in [0, 0.1) is 0 Å². The molecule has 0 atom stereocenters.